The van der Waals surface area contributed by atoms with Crippen LogP contribution in [0.15, 0.2) is 78.9 Å². The van der Waals surface area contributed by atoms with Crippen molar-refractivity contribution < 1.29 is 9.47 Å². The smallest absolute Gasteiger partial charge is 0.119 e. The average molecular weight is 376 g/mol. The molecule has 3 aromatic carbocycles. The van der Waals surface area contributed by atoms with Gasteiger partial charge in [-0.25, -0.2) is 0 Å². The van der Waals surface area contributed by atoms with Gasteiger partial charge in [-0.2, -0.15) is 0 Å². The van der Waals surface area contributed by atoms with E-state index in [0.29, 0.717) is 6.61 Å². The molecule has 0 fully saturated rings. The molecule has 0 aliphatic heterocycles. The Morgan fingerprint density at radius 2 is 1.46 bits per heavy atom. The molecule has 3 rings (SSSR count). The first-order valence-electron chi connectivity index (χ1n) is 10.1. The second-order valence-electron chi connectivity index (χ2n) is 6.81. The van der Waals surface area contributed by atoms with Crippen LogP contribution in [-0.2, 0) is 13.0 Å². The summed E-state index contributed by atoms with van der Waals surface area (Å²) in [5.41, 5.74) is 3.57. The highest BCUT2D eigenvalue weighted by molar-refractivity contribution is 5.47. The maximum atomic E-state index is 5.92. The molecule has 146 valence electrons. The van der Waals surface area contributed by atoms with Crippen molar-refractivity contribution in [2.24, 2.45) is 0 Å². The van der Waals surface area contributed by atoms with Gasteiger partial charge in [-0.15, -0.1) is 0 Å². The van der Waals surface area contributed by atoms with E-state index >= 15 is 0 Å². The summed E-state index contributed by atoms with van der Waals surface area (Å²) in [5.74, 6) is 1.84. The Morgan fingerprint density at radius 1 is 0.714 bits per heavy atom. The van der Waals surface area contributed by atoms with Crippen molar-refractivity contribution in [1.82, 2.24) is 0 Å². The van der Waals surface area contributed by atoms with Crippen LogP contribution in [0.25, 0.3) is 0 Å². The molecular weight excluding hydrogens is 346 g/mol. The molecular formula is C25H29NO2. The molecule has 0 aliphatic rings. The van der Waals surface area contributed by atoms with E-state index in [2.05, 4.69) is 60.8 Å². The molecule has 0 aromatic heterocycles. The fourth-order valence-corrected chi connectivity index (χ4v) is 2.88. The lowest BCUT2D eigenvalue weighted by Crippen LogP contribution is -2.03. The zero-order valence-electron chi connectivity index (χ0n) is 16.6. The minimum atomic E-state index is 0.681. The van der Waals surface area contributed by atoms with Crippen LogP contribution in [0.2, 0.25) is 0 Å². The van der Waals surface area contributed by atoms with E-state index in [4.69, 9.17) is 9.47 Å². The summed E-state index contributed by atoms with van der Waals surface area (Å²) >= 11 is 0. The van der Waals surface area contributed by atoms with Gasteiger partial charge in [0, 0.05) is 18.7 Å². The lowest BCUT2D eigenvalue weighted by atomic mass is 10.2. The summed E-state index contributed by atoms with van der Waals surface area (Å²) < 4.78 is 11.6. The SMILES string of the molecule is CCCCOc1ccc(NCc2cccc(OCCc3ccccc3)c2)cc1. The lowest BCUT2D eigenvalue weighted by molar-refractivity contribution is 0.309. The van der Waals surface area contributed by atoms with Crippen LogP contribution in [-0.4, -0.2) is 13.2 Å². The van der Waals surface area contributed by atoms with Crippen LogP contribution >= 0.6 is 0 Å². The van der Waals surface area contributed by atoms with Crippen LogP contribution < -0.4 is 14.8 Å². The number of ether oxygens (including phenoxy) is 2. The second kappa shape index (κ2) is 11.0. The quantitative estimate of drug-likeness (QED) is 0.411. The fraction of sp³-hybridized carbons (Fsp3) is 0.280. The van der Waals surface area contributed by atoms with Crippen LogP contribution in [0, 0.1) is 0 Å². The Kier molecular flexibility index (Phi) is 7.80. The van der Waals surface area contributed by atoms with Gasteiger partial charge in [-0.05, 0) is 53.9 Å². The molecule has 0 spiro atoms. The van der Waals surface area contributed by atoms with E-state index in [-0.39, 0.29) is 0 Å². The summed E-state index contributed by atoms with van der Waals surface area (Å²) in [4.78, 5) is 0. The van der Waals surface area contributed by atoms with Crippen molar-refractivity contribution in [2.75, 3.05) is 18.5 Å². The molecule has 0 aliphatic carbocycles. The zero-order valence-corrected chi connectivity index (χ0v) is 16.6. The van der Waals surface area contributed by atoms with E-state index in [1.807, 2.05) is 30.3 Å². The Bertz CT molecular complexity index is 815. The van der Waals surface area contributed by atoms with Crippen LogP contribution in [0.3, 0.4) is 0 Å². The number of nitrogens with one attached hydrogen (secondary N) is 1. The first-order valence-corrected chi connectivity index (χ1v) is 10.1. The molecule has 1 N–H and O–H groups in total. The zero-order chi connectivity index (χ0) is 19.4. The summed E-state index contributed by atoms with van der Waals surface area (Å²) in [6.07, 6.45) is 3.15. The van der Waals surface area contributed by atoms with E-state index in [9.17, 15) is 0 Å². The molecule has 28 heavy (non-hydrogen) atoms. The van der Waals surface area contributed by atoms with Gasteiger partial charge in [0.25, 0.3) is 0 Å². The first-order chi connectivity index (χ1) is 13.8. The van der Waals surface area contributed by atoms with E-state index in [1.165, 1.54) is 11.1 Å². The Labute approximate surface area is 168 Å². The minimum Gasteiger partial charge on any atom is -0.494 e. The van der Waals surface area contributed by atoms with Gasteiger partial charge in [-0.3, -0.25) is 0 Å². The van der Waals surface area contributed by atoms with Crippen molar-refractivity contribution >= 4 is 5.69 Å². The van der Waals surface area contributed by atoms with Crippen molar-refractivity contribution in [3.05, 3.63) is 90.0 Å². The summed E-state index contributed by atoms with van der Waals surface area (Å²) in [6, 6.07) is 26.8. The number of hydrogen-bond acceptors (Lipinski definition) is 3. The molecule has 0 saturated carbocycles. The van der Waals surface area contributed by atoms with Crippen molar-refractivity contribution in [3.8, 4) is 11.5 Å². The van der Waals surface area contributed by atoms with Gasteiger partial charge in [0.05, 0.1) is 13.2 Å². The molecule has 3 nitrogen and oxygen atoms in total. The standard InChI is InChI=1S/C25H29NO2/c1-2-3-17-27-24-14-12-23(13-15-24)26-20-22-10-7-11-25(19-22)28-18-16-21-8-5-4-6-9-21/h4-15,19,26H,2-3,16-18,20H2,1H3. The maximum Gasteiger partial charge on any atom is 0.119 e. The molecule has 3 heteroatoms. The number of benzene rings is 3. The second-order valence-corrected chi connectivity index (χ2v) is 6.81. The van der Waals surface area contributed by atoms with E-state index in [0.717, 1.165) is 49.6 Å². The van der Waals surface area contributed by atoms with E-state index in [1.54, 1.807) is 0 Å². The predicted octanol–water partition coefficient (Wildman–Crippen LogP) is 6.10. The predicted molar refractivity (Wildman–Crippen MR) is 116 cm³/mol. The van der Waals surface area contributed by atoms with Gasteiger partial charge in [0.15, 0.2) is 0 Å². The number of unbranched alkanes of at least 4 members (excludes halogenated alkanes) is 1. The Morgan fingerprint density at radius 3 is 2.25 bits per heavy atom. The van der Waals surface area contributed by atoms with E-state index < -0.39 is 0 Å². The highest BCUT2D eigenvalue weighted by Gasteiger charge is 2.00. The molecule has 0 atom stereocenters. The molecule has 0 radical (unpaired) electrons. The first kappa shape index (κ1) is 19.8. The average Bonchev–Trinajstić information content (AvgIpc) is 2.74. The van der Waals surface area contributed by atoms with Gasteiger partial charge < -0.3 is 14.8 Å². The van der Waals surface area contributed by atoms with Crippen molar-refractivity contribution in [2.45, 2.75) is 32.7 Å². The van der Waals surface area contributed by atoms with Crippen LogP contribution in [0.4, 0.5) is 5.69 Å². The third-order valence-corrected chi connectivity index (χ3v) is 4.52. The summed E-state index contributed by atoms with van der Waals surface area (Å²) in [5, 5.41) is 3.45. The van der Waals surface area contributed by atoms with Crippen LogP contribution in [0.5, 0.6) is 11.5 Å². The summed E-state index contributed by atoms with van der Waals surface area (Å²) in [7, 11) is 0. The topological polar surface area (TPSA) is 30.5 Å². The molecule has 0 amide bonds. The largest absolute Gasteiger partial charge is 0.494 e. The highest BCUT2D eigenvalue weighted by atomic mass is 16.5. The number of anilines is 1. The van der Waals surface area contributed by atoms with Gasteiger partial charge in [-0.1, -0.05) is 55.8 Å². The molecule has 0 unspecified atom stereocenters. The third kappa shape index (κ3) is 6.66. The molecule has 3 aromatic rings. The normalized spacial score (nSPS) is 10.5. The Balaban J connectivity index is 1.45. The maximum absolute atomic E-state index is 5.92. The number of hydrogen-bond donors (Lipinski definition) is 1. The molecule has 0 saturated heterocycles. The van der Waals surface area contributed by atoms with Crippen molar-refractivity contribution in [1.29, 1.82) is 0 Å². The Hall–Kier alpha value is -2.94. The third-order valence-electron chi connectivity index (χ3n) is 4.52. The molecule has 0 heterocycles. The van der Waals surface area contributed by atoms with Gasteiger partial charge >= 0.3 is 0 Å². The lowest BCUT2D eigenvalue weighted by Gasteiger charge is -2.11. The van der Waals surface area contributed by atoms with Crippen molar-refractivity contribution in [3.63, 3.8) is 0 Å². The van der Waals surface area contributed by atoms with Gasteiger partial charge in [0.1, 0.15) is 11.5 Å². The monoisotopic (exact) mass is 375 g/mol. The summed E-state index contributed by atoms with van der Waals surface area (Å²) in [6.45, 7) is 4.38. The highest BCUT2D eigenvalue weighted by Crippen LogP contribution is 2.18. The number of rotatable bonds is 11. The minimum absolute atomic E-state index is 0.681. The molecule has 0 bridgehead atoms. The van der Waals surface area contributed by atoms with Crippen LogP contribution in [0.1, 0.15) is 30.9 Å². The fourth-order valence-electron chi connectivity index (χ4n) is 2.88. The van der Waals surface area contributed by atoms with Gasteiger partial charge in [0.2, 0.25) is 0 Å².